The monoisotopic (exact) mass is 372 g/mol. The van der Waals surface area contributed by atoms with Gasteiger partial charge in [0.15, 0.2) is 0 Å². The van der Waals surface area contributed by atoms with Crippen molar-refractivity contribution in [2.24, 2.45) is 0 Å². The molecule has 5 nitrogen and oxygen atoms in total. The van der Waals surface area contributed by atoms with E-state index in [-0.39, 0.29) is 5.91 Å². The predicted octanol–water partition coefficient (Wildman–Crippen LogP) is 4.14. The van der Waals surface area contributed by atoms with Crippen LogP contribution in [0, 0.1) is 20.8 Å². The van der Waals surface area contributed by atoms with Gasteiger partial charge in [-0.05, 0) is 44.5 Å². The van der Waals surface area contributed by atoms with Crippen LogP contribution in [0.3, 0.4) is 0 Å². The first kappa shape index (κ1) is 18.0. The van der Waals surface area contributed by atoms with Gasteiger partial charge in [0.2, 0.25) is 5.91 Å². The SMILES string of the molecule is Cc1nn(-c2ccccc2)c(C)c1CNC(=O)Cc1c(C)[nH]c2ccccc12. The first-order chi connectivity index (χ1) is 13.5. The zero-order valence-corrected chi connectivity index (χ0v) is 16.4. The number of H-pyrrole nitrogens is 1. The lowest BCUT2D eigenvalue weighted by molar-refractivity contribution is -0.120. The number of aromatic nitrogens is 3. The van der Waals surface area contributed by atoms with Gasteiger partial charge in [-0.15, -0.1) is 0 Å². The molecule has 5 heteroatoms. The molecular weight excluding hydrogens is 348 g/mol. The number of nitrogens with zero attached hydrogens (tertiary/aromatic N) is 2. The van der Waals surface area contributed by atoms with Crippen LogP contribution in [0.15, 0.2) is 54.6 Å². The van der Waals surface area contributed by atoms with Gasteiger partial charge in [0.1, 0.15) is 0 Å². The summed E-state index contributed by atoms with van der Waals surface area (Å²) >= 11 is 0. The van der Waals surface area contributed by atoms with E-state index in [1.165, 1.54) is 0 Å². The summed E-state index contributed by atoms with van der Waals surface area (Å²) in [6.07, 6.45) is 0.362. The quantitative estimate of drug-likeness (QED) is 0.553. The third kappa shape index (κ3) is 3.31. The summed E-state index contributed by atoms with van der Waals surface area (Å²) in [6, 6.07) is 18.1. The maximum Gasteiger partial charge on any atom is 0.224 e. The number of carbonyl (C=O) groups is 1. The fourth-order valence-corrected chi connectivity index (χ4v) is 3.72. The van der Waals surface area contributed by atoms with Crippen LogP contribution in [-0.4, -0.2) is 20.7 Å². The van der Waals surface area contributed by atoms with Gasteiger partial charge in [0.05, 0.1) is 17.8 Å². The van der Waals surface area contributed by atoms with E-state index in [9.17, 15) is 4.79 Å². The zero-order valence-electron chi connectivity index (χ0n) is 16.4. The summed E-state index contributed by atoms with van der Waals surface area (Å²) in [4.78, 5) is 16.0. The van der Waals surface area contributed by atoms with Crippen LogP contribution in [0.1, 0.15) is 28.2 Å². The number of para-hydroxylation sites is 2. The second-order valence-electron chi connectivity index (χ2n) is 7.12. The Morgan fingerprint density at radius 3 is 2.50 bits per heavy atom. The van der Waals surface area contributed by atoms with E-state index >= 15 is 0 Å². The molecule has 1 amide bonds. The molecule has 28 heavy (non-hydrogen) atoms. The van der Waals surface area contributed by atoms with E-state index in [1.54, 1.807) is 0 Å². The third-order valence-electron chi connectivity index (χ3n) is 5.27. The summed E-state index contributed by atoms with van der Waals surface area (Å²) in [5.74, 6) is 0.0131. The van der Waals surface area contributed by atoms with Gasteiger partial charge in [-0.1, -0.05) is 36.4 Å². The first-order valence-corrected chi connectivity index (χ1v) is 9.48. The summed E-state index contributed by atoms with van der Waals surface area (Å²) in [6.45, 7) is 6.52. The van der Waals surface area contributed by atoms with Gasteiger partial charge >= 0.3 is 0 Å². The van der Waals surface area contributed by atoms with E-state index < -0.39 is 0 Å². The van der Waals surface area contributed by atoms with Crippen LogP contribution >= 0.6 is 0 Å². The third-order valence-corrected chi connectivity index (χ3v) is 5.27. The highest BCUT2D eigenvalue weighted by molar-refractivity contribution is 5.90. The predicted molar refractivity (Wildman–Crippen MR) is 112 cm³/mol. The molecule has 4 rings (SSSR count). The molecule has 2 aromatic heterocycles. The van der Waals surface area contributed by atoms with E-state index in [0.29, 0.717) is 13.0 Å². The lowest BCUT2D eigenvalue weighted by Gasteiger charge is -2.08. The number of aromatic amines is 1. The van der Waals surface area contributed by atoms with Crippen molar-refractivity contribution in [2.45, 2.75) is 33.7 Å². The fourth-order valence-electron chi connectivity index (χ4n) is 3.72. The van der Waals surface area contributed by atoms with Crippen molar-refractivity contribution in [3.8, 4) is 5.69 Å². The van der Waals surface area contributed by atoms with E-state index in [1.807, 2.05) is 74.0 Å². The van der Waals surface area contributed by atoms with E-state index in [4.69, 9.17) is 0 Å². The summed E-state index contributed by atoms with van der Waals surface area (Å²) in [5.41, 5.74) is 7.24. The number of carbonyl (C=O) groups excluding carboxylic acids is 1. The van der Waals surface area contributed by atoms with E-state index in [2.05, 4.69) is 21.5 Å². The fraction of sp³-hybridized carbons (Fsp3) is 0.217. The number of nitrogens with one attached hydrogen (secondary N) is 2. The van der Waals surface area contributed by atoms with Crippen LogP contribution in [-0.2, 0) is 17.8 Å². The van der Waals surface area contributed by atoms with Crippen molar-refractivity contribution < 1.29 is 4.79 Å². The Morgan fingerprint density at radius 1 is 1.00 bits per heavy atom. The van der Waals surface area contributed by atoms with Crippen molar-refractivity contribution in [3.05, 3.63) is 82.8 Å². The maximum atomic E-state index is 12.6. The highest BCUT2D eigenvalue weighted by Gasteiger charge is 2.15. The Kier molecular flexibility index (Phi) is 4.74. The number of hydrogen-bond acceptors (Lipinski definition) is 2. The number of fused-ring (bicyclic) bond motifs is 1. The van der Waals surface area contributed by atoms with Gasteiger partial charge in [-0.2, -0.15) is 5.10 Å². The lowest BCUT2D eigenvalue weighted by atomic mass is 10.1. The van der Waals surface area contributed by atoms with Crippen LogP contribution in [0.25, 0.3) is 16.6 Å². The second kappa shape index (κ2) is 7.35. The molecule has 0 radical (unpaired) electrons. The van der Waals surface area contributed by atoms with Gasteiger partial charge < -0.3 is 10.3 Å². The summed E-state index contributed by atoms with van der Waals surface area (Å²) in [5, 5.41) is 8.83. The molecule has 2 N–H and O–H groups in total. The molecule has 2 heterocycles. The van der Waals surface area contributed by atoms with Crippen LogP contribution < -0.4 is 5.32 Å². The Bertz CT molecular complexity index is 1140. The molecule has 0 atom stereocenters. The smallest absolute Gasteiger partial charge is 0.224 e. The molecular formula is C23H24N4O. The van der Waals surface area contributed by atoms with Gasteiger partial charge in [0, 0.05) is 34.4 Å². The van der Waals surface area contributed by atoms with Gasteiger partial charge in [-0.25, -0.2) is 4.68 Å². The molecule has 0 aliphatic carbocycles. The Labute approximate surface area is 164 Å². The molecule has 142 valence electrons. The average molecular weight is 372 g/mol. The molecule has 0 bridgehead atoms. The molecule has 0 saturated carbocycles. The van der Waals surface area contributed by atoms with Gasteiger partial charge in [-0.3, -0.25) is 4.79 Å². The van der Waals surface area contributed by atoms with Crippen molar-refractivity contribution >= 4 is 16.8 Å². The minimum absolute atomic E-state index is 0.0131. The van der Waals surface area contributed by atoms with Crippen molar-refractivity contribution in [3.63, 3.8) is 0 Å². The van der Waals surface area contributed by atoms with Crippen molar-refractivity contribution in [1.29, 1.82) is 0 Å². The minimum atomic E-state index is 0.0131. The highest BCUT2D eigenvalue weighted by atomic mass is 16.1. The molecule has 4 aromatic rings. The Hall–Kier alpha value is -3.34. The molecule has 0 spiro atoms. The molecule has 2 aromatic carbocycles. The molecule has 0 fully saturated rings. The van der Waals surface area contributed by atoms with Crippen molar-refractivity contribution in [1.82, 2.24) is 20.1 Å². The summed E-state index contributed by atoms with van der Waals surface area (Å²) < 4.78 is 1.93. The number of aryl methyl sites for hydroxylation is 2. The number of hydrogen-bond donors (Lipinski definition) is 2. The normalized spacial score (nSPS) is 11.1. The highest BCUT2D eigenvalue weighted by Crippen LogP contribution is 2.22. The minimum Gasteiger partial charge on any atom is -0.358 e. The number of amides is 1. The Morgan fingerprint density at radius 2 is 1.71 bits per heavy atom. The Balaban J connectivity index is 1.50. The second-order valence-corrected chi connectivity index (χ2v) is 7.12. The summed E-state index contributed by atoms with van der Waals surface area (Å²) in [7, 11) is 0. The number of rotatable bonds is 5. The molecule has 0 aliphatic rings. The standard InChI is InChI=1S/C23H24N4O/c1-15-20(19-11-7-8-12-22(19)25-15)13-23(28)24-14-21-16(2)26-27(17(21)3)18-9-5-4-6-10-18/h4-12,25H,13-14H2,1-3H3,(H,24,28). The topological polar surface area (TPSA) is 62.7 Å². The zero-order chi connectivity index (χ0) is 19.7. The van der Waals surface area contributed by atoms with Crippen LogP contribution in [0.2, 0.25) is 0 Å². The average Bonchev–Trinajstić information content (AvgIpc) is 3.17. The maximum absolute atomic E-state index is 12.6. The number of benzene rings is 2. The van der Waals surface area contributed by atoms with Crippen LogP contribution in [0.5, 0.6) is 0 Å². The lowest BCUT2D eigenvalue weighted by Crippen LogP contribution is -2.25. The van der Waals surface area contributed by atoms with Gasteiger partial charge in [0.25, 0.3) is 0 Å². The van der Waals surface area contributed by atoms with Crippen LogP contribution in [0.4, 0.5) is 0 Å². The first-order valence-electron chi connectivity index (χ1n) is 9.48. The molecule has 0 unspecified atom stereocenters. The van der Waals surface area contributed by atoms with Crippen molar-refractivity contribution in [2.75, 3.05) is 0 Å². The molecule has 0 saturated heterocycles. The van der Waals surface area contributed by atoms with E-state index in [0.717, 1.165) is 44.8 Å². The molecule has 0 aliphatic heterocycles. The largest absolute Gasteiger partial charge is 0.358 e.